The first-order valence-corrected chi connectivity index (χ1v) is 4.76. The van der Waals surface area contributed by atoms with Gasteiger partial charge in [0.05, 0.1) is 0 Å². The van der Waals surface area contributed by atoms with E-state index in [4.69, 9.17) is 0 Å². The lowest BCUT2D eigenvalue weighted by Crippen LogP contribution is -2.27. The zero-order valence-electron chi connectivity index (χ0n) is 7.69. The fraction of sp³-hybridized carbons (Fsp3) is 1.00. The van der Waals surface area contributed by atoms with Gasteiger partial charge in [0.25, 0.3) is 0 Å². The lowest BCUT2D eigenvalue weighted by molar-refractivity contribution is 0.421. The second kappa shape index (κ2) is 4.73. The molecular formula is C9H20N2. The molecule has 0 aliphatic carbocycles. The number of hydrogen-bond acceptors (Lipinski definition) is 2. The molecule has 0 aromatic rings. The summed E-state index contributed by atoms with van der Waals surface area (Å²) in [6, 6.07) is 0. The van der Waals surface area contributed by atoms with Gasteiger partial charge < -0.3 is 10.6 Å². The van der Waals surface area contributed by atoms with Gasteiger partial charge in [-0.1, -0.05) is 13.8 Å². The Morgan fingerprint density at radius 3 is 2.82 bits per heavy atom. The highest BCUT2D eigenvalue weighted by atomic mass is 14.9. The largest absolute Gasteiger partial charge is 0.316 e. The molecule has 0 saturated carbocycles. The molecule has 0 aromatic carbocycles. The topological polar surface area (TPSA) is 24.1 Å². The molecule has 66 valence electrons. The Morgan fingerprint density at radius 2 is 2.27 bits per heavy atom. The number of hydrogen-bond donors (Lipinski definition) is 2. The minimum atomic E-state index is 0.861. The Morgan fingerprint density at radius 1 is 1.45 bits per heavy atom. The standard InChI is InChI=1S/C9H20N2/c1-3-4-10-6-9-7-11-5-8(9)2/h8-11H,3-7H2,1-2H3. The second-order valence-corrected chi connectivity index (χ2v) is 3.60. The second-order valence-electron chi connectivity index (χ2n) is 3.60. The first-order valence-electron chi connectivity index (χ1n) is 4.76. The molecule has 0 bridgehead atoms. The van der Waals surface area contributed by atoms with Crippen LogP contribution in [0.2, 0.25) is 0 Å². The van der Waals surface area contributed by atoms with Crippen molar-refractivity contribution in [1.29, 1.82) is 0 Å². The van der Waals surface area contributed by atoms with Crippen LogP contribution in [0.15, 0.2) is 0 Å². The van der Waals surface area contributed by atoms with Crippen LogP contribution < -0.4 is 10.6 Å². The summed E-state index contributed by atoms with van der Waals surface area (Å²) in [4.78, 5) is 0. The maximum Gasteiger partial charge on any atom is -0.000523 e. The highest BCUT2D eigenvalue weighted by Crippen LogP contribution is 2.13. The van der Waals surface area contributed by atoms with Gasteiger partial charge in [0.2, 0.25) is 0 Å². The van der Waals surface area contributed by atoms with Gasteiger partial charge in [-0.15, -0.1) is 0 Å². The van der Waals surface area contributed by atoms with Gasteiger partial charge in [0.1, 0.15) is 0 Å². The van der Waals surface area contributed by atoms with E-state index in [0.29, 0.717) is 0 Å². The number of nitrogens with one attached hydrogen (secondary N) is 2. The summed E-state index contributed by atoms with van der Waals surface area (Å²) >= 11 is 0. The summed E-state index contributed by atoms with van der Waals surface area (Å²) in [6.45, 7) is 9.32. The van der Waals surface area contributed by atoms with Crippen molar-refractivity contribution in [3.05, 3.63) is 0 Å². The SMILES string of the molecule is CCCNCC1CNCC1C. The molecule has 11 heavy (non-hydrogen) atoms. The molecule has 2 unspecified atom stereocenters. The summed E-state index contributed by atoms with van der Waals surface area (Å²) < 4.78 is 0. The van der Waals surface area contributed by atoms with E-state index in [1.54, 1.807) is 0 Å². The van der Waals surface area contributed by atoms with E-state index >= 15 is 0 Å². The zero-order chi connectivity index (χ0) is 8.10. The van der Waals surface area contributed by atoms with Gasteiger partial charge >= 0.3 is 0 Å². The predicted octanol–water partition coefficient (Wildman–Crippen LogP) is 0.841. The Bertz CT molecular complexity index is 104. The Kier molecular flexibility index (Phi) is 3.87. The molecule has 2 heteroatoms. The molecule has 2 N–H and O–H groups in total. The van der Waals surface area contributed by atoms with Crippen LogP contribution in [-0.2, 0) is 0 Å². The predicted molar refractivity (Wildman–Crippen MR) is 48.7 cm³/mol. The lowest BCUT2D eigenvalue weighted by atomic mass is 9.98. The maximum atomic E-state index is 3.47. The molecule has 1 aliphatic rings. The third kappa shape index (κ3) is 2.80. The van der Waals surface area contributed by atoms with Crippen LogP contribution in [0.4, 0.5) is 0 Å². The van der Waals surface area contributed by atoms with Crippen LogP contribution in [0.1, 0.15) is 20.3 Å². The Hall–Kier alpha value is -0.0800. The van der Waals surface area contributed by atoms with Crippen molar-refractivity contribution >= 4 is 0 Å². The van der Waals surface area contributed by atoms with E-state index in [1.807, 2.05) is 0 Å². The summed E-state index contributed by atoms with van der Waals surface area (Å²) in [5.74, 6) is 1.72. The van der Waals surface area contributed by atoms with Crippen molar-refractivity contribution < 1.29 is 0 Å². The summed E-state index contributed by atoms with van der Waals surface area (Å²) in [7, 11) is 0. The zero-order valence-corrected chi connectivity index (χ0v) is 7.69. The highest BCUT2D eigenvalue weighted by molar-refractivity contribution is 4.79. The molecule has 0 spiro atoms. The normalized spacial score (nSPS) is 31.1. The molecule has 1 fully saturated rings. The van der Waals surface area contributed by atoms with Crippen molar-refractivity contribution in [3.8, 4) is 0 Å². The van der Waals surface area contributed by atoms with E-state index in [0.717, 1.165) is 11.8 Å². The van der Waals surface area contributed by atoms with Crippen LogP contribution in [-0.4, -0.2) is 26.2 Å². The molecular weight excluding hydrogens is 136 g/mol. The molecule has 2 atom stereocenters. The van der Waals surface area contributed by atoms with Crippen LogP contribution >= 0.6 is 0 Å². The quantitative estimate of drug-likeness (QED) is 0.589. The molecule has 1 rings (SSSR count). The van der Waals surface area contributed by atoms with Gasteiger partial charge in [-0.25, -0.2) is 0 Å². The fourth-order valence-corrected chi connectivity index (χ4v) is 1.60. The van der Waals surface area contributed by atoms with Crippen molar-refractivity contribution in [2.24, 2.45) is 11.8 Å². The Labute approximate surface area is 69.8 Å². The van der Waals surface area contributed by atoms with E-state index in [2.05, 4.69) is 24.5 Å². The summed E-state index contributed by atoms with van der Waals surface area (Å²) in [5.41, 5.74) is 0. The van der Waals surface area contributed by atoms with E-state index in [-0.39, 0.29) is 0 Å². The van der Waals surface area contributed by atoms with Gasteiger partial charge in [-0.3, -0.25) is 0 Å². The molecule has 1 heterocycles. The van der Waals surface area contributed by atoms with Crippen molar-refractivity contribution in [2.75, 3.05) is 26.2 Å². The van der Waals surface area contributed by atoms with Gasteiger partial charge in [-0.2, -0.15) is 0 Å². The highest BCUT2D eigenvalue weighted by Gasteiger charge is 2.21. The van der Waals surface area contributed by atoms with Crippen molar-refractivity contribution in [3.63, 3.8) is 0 Å². The summed E-state index contributed by atoms with van der Waals surface area (Å²) in [6.07, 6.45) is 1.24. The van der Waals surface area contributed by atoms with Crippen LogP contribution in [0.5, 0.6) is 0 Å². The van der Waals surface area contributed by atoms with Gasteiger partial charge in [-0.05, 0) is 44.4 Å². The maximum absolute atomic E-state index is 3.47. The molecule has 2 nitrogen and oxygen atoms in total. The molecule has 1 saturated heterocycles. The average molecular weight is 156 g/mol. The van der Waals surface area contributed by atoms with Crippen molar-refractivity contribution in [1.82, 2.24) is 10.6 Å². The monoisotopic (exact) mass is 156 g/mol. The minimum Gasteiger partial charge on any atom is -0.316 e. The van der Waals surface area contributed by atoms with Gasteiger partial charge in [0, 0.05) is 0 Å². The first kappa shape index (κ1) is 9.01. The third-order valence-corrected chi connectivity index (χ3v) is 2.51. The van der Waals surface area contributed by atoms with E-state index in [9.17, 15) is 0 Å². The van der Waals surface area contributed by atoms with E-state index < -0.39 is 0 Å². The minimum absolute atomic E-state index is 0.861. The fourth-order valence-electron chi connectivity index (χ4n) is 1.60. The third-order valence-electron chi connectivity index (χ3n) is 2.51. The number of rotatable bonds is 4. The lowest BCUT2D eigenvalue weighted by Gasteiger charge is -2.13. The smallest absolute Gasteiger partial charge is 0.000523 e. The van der Waals surface area contributed by atoms with Crippen LogP contribution in [0.3, 0.4) is 0 Å². The van der Waals surface area contributed by atoms with Crippen LogP contribution in [0, 0.1) is 11.8 Å². The first-order chi connectivity index (χ1) is 5.34. The molecule has 1 aliphatic heterocycles. The molecule has 0 radical (unpaired) electrons. The molecule has 0 amide bonds. The van der Waals surface area contributed by atoms with Gasteiger partial charge in [0.15, 0.2) is 0 Å². The molecule has 0 aromatic heterocycles. The van der Waals surface area contributed by atoms with Crippen LogP contribution in [0.25, 0.3) is 0 Å². The van der Waals surface area contributed by atoms with Crippen molar-refractivity contribution in [2.45, 2.75) is 20.3 Å². The average Bonchev–Trinajstić information content (AvgIpc) is 2.37. The Balaban J connectivity index is 2.05. The summed E-state index contributed by atoms with van der Waals surface area (Å²) in [5, 5.41) is 6.88. The van der Waals surface area contributed by atoms with E-state index in [1.165, 1.54) is 32.6 Å².